The maximum absolute atomic E-state index is 5.68. The van der Waals surface area contributed by atoms with Crippen molar-refractivity contribution in [2.24, 2.45) is 12.1 Å². The van der Waals surface area contributed by atoms with Crippen LogP contribution in [-0.2, 0) is 7.05 Å². The summed E-state index contributed by atoms with van der Waals surface area (Å²) >= 11 is 3.50. The van der Waals surface area contributed by atoms with Crippen LogP contribution in [0, 0.1) is 0 Å². The zero-order valence-electron chi connectivity index (χ0n) is 16.2. The fourth-order valence-electron chi connectivity index (χ4n) is 3.13. The van der Waals surface area contributed by atoms with E-state index in [1.165, 1.54) is 0 Å². The van der Waals surface area contributed by atoms with E-state index in [-0.39, 0.29) is 0 Å². The Morgan fingerprint density at radius 3 is 2.90 bits per heavy atom. The molecule has 0 saturated heterocycles. The number of nitrogens with zero attached hydrogens (tertiary/aromatic N) is 5. The number of aromatic nitrogens is 4. The molecule has 4 aromatic rings. The first-order valence-electron chi connectivity index (χ1n) is 8.99. The molecule has 0 aliphatic rings. The Hall–Kier alpha value is -3.20. The van der Waals surface area contributed by atoms with Crippen molar-refractivity contribution in [1.29, 1.82) is 0 Å². The number of fused-ring (bicyclic) bond motifs is 3. The molecule has 0 amide bonds. The SMILES string of the molecule is CCOc1c(/C=N/Nc2nnc3c4cc(Br)ccc4n(C)c3n2)cccc1OC. The van der Waals surface area contributed by atoms with Crippen LogP contribution in [0.2, 0.25) is 0 Å². The second-order valence-electron chi connectivity index (χ2n) is 6.21. The van der Waals surface area contributed by atoms with E-state index >= 15 is 0 Å². The van der Waals surface area contributed by atoms with Gasteiger partial charge in [-0.25, -0.2) is 5.43 Å². The van der Waals surface area contributed by atoms with Crippen LogP contribution in [0.1, 0.15) is 12.5 Å². The van der Waals surface area contributed by atoms with Crippen LogP contribution in [-0.4, -0.2) is 39.7 Å². The Labute approximate surface area is 175 Å². The standard InChI is InChI=1S/C20H19BrN6O2/c1-4-29-18-12(6-5-7-16(18)28-3)11-22-25-20-23-19-17(24-26-20)14-10-13(21)8-9-15(14)27(19)2/h5-11H,4H2,1-3H3,(H,23,25,26)/b22-11+. The monoisotopic (exact) mass is 454 g/mol. The lowest BCUT2D eigenvalue weighted by molar-refractivity contribution is 0.310. The Kier molecular flexibility index (Phi) is 5.30. The molecule has 0 aliphatic carbocycles. The summed E-state index contributed by atoms with van der Waals surface area (Å²) in [4.78, 5) is 4.56. The molecule has 9 heteroatoms. The molecule has 2 aromatic carbocycles. The van der Waals surface area contributed by atoms with Crippen molar-refractivity contribution in [3.63, 3.8) is 0 Å². The third-order valence-electron chi connectivity index (χ3n) is 4.45. The summed E-state index contributed by atoms with van der Waals surface area (Å²) < 4.78 is 14.0. The highest BCUT2D eigenvalue weighted by molar-refractivity contribution is 9.10. The van der Waals surface area contributed by atoms with Gasteiger partial charge < -0.3 is 14.0 Å². The summed E-state index contributed by atoms with van der Waals surface area (Å²) in [7, 11) is 3.55. The van der Waals surface area contributed by atoms with Crippen molar-refractivity contribution < 1.29 is 9.47 Å². The number of benzene rings is 2. The quantitative estimate of drug-likeness (QED) is 0.348. The average molecular weight is 455 g/mol. The van der Waals surface area contributed by atoms with E-state index in [4.69, 9.17) is 9.47 Å². The van der Waals surface area contributed by atoms with Crippen LogP contribution in [0.25, 0.3) is 22.1 Å². The third-order valence-corrected chi connectivity index (χ3v) is 4.94. The lowest BCUT2D eigenvalue weighted by Crippen LogP contribution is -2.02. The van der Waals surface area contributed by atoms with Crippen LogP contribution >= 0.6 is 15.9 Å². The largest absolute Gasteiger partial charge is 0.493 e. The molecule has 0 unspecified atom stereocenters. The smallest absolute Gasteiger partial charge is 0.265 e. The number of ether oxygens (including phenoxy) is 2. The van der Waals surface area contributed by atoms with E-state index in [9.17, 15) is 0 Å². The van der Waals surface area contributed by atoms with Gasteiger partial charge in [0.2, 0.25) is 0 Å². The fraction of sp³-hybridized carbons (Fsp3) is 0.200. The minimum absolute atomic E-state index is 0.305. The van der Waals surface area contributed by atoms with Gasteiger partial charge in [0.15, 0.2) is 17.1 Å². The maximum atomic E-state index is 5.68. The van der Waals surface area contributed by atoms with Crippen LogP contribution < -0.4 is 14.9 Å². The van der Waals surface area contributed by atoms with Crippen molar-refractivity contribution in [2.75, 3.05) is 19.1 Å². The Bertz CT molecular complexity index is 1220. The van der Waals surface area contributed by atoms with Crippen LogP contribution in [0.3, 0.4) is 0 Å². The topological polar surface area (TPSA) is 86.5 Å². The first-order chi connectivity index (χ1) is 14.1. The third kappa shape index (κ3) is 3.61. The summed E-state index contributed by atoms with van der Waals surface area (Å²) in [5.74, 6) is 1.59. The second-order valence-corrected chi connectivity index (χ2v) is 7.13. The van der Waals surface area contributed by atoms with Crippen LogP contribution in [0.5, 0.6) is 11.5 Å². The second kappa shape index (κ2) is 8.04. The Morgan fingerprint density at radius 1 is 1.24 bits per heavy atom. The van der Waals surface area contributed by atoms with E-state index in [2.05, 4.69) is 41.6 Å². The van der Waals surface area contributed by atoms with E-state index in [1.54, 1.807) is 13.3 Å². The Balaban J connectivity index is 1.64. The van der Waals surface area contributed by atoms with Gasteiger partial charge in [0.05, 0.1) is 25.4 Å². The van der Waals surface area contributed by atoms with Crippen molar-refractivity contribution in [3.8, 4) is 11.5 Å². The summed E-state index contributed by atoms with van der Waals surface area (Å²) in [5.41, 5.74) is 6.12. The first kappa shape index (κ1) is 19.1. The molecule has 0 spiro atoms. The van der Waals surface area contributed by atoms with E-state index in [0.717, 1.165) is 32.1 Å². The molecule has 0 aliphatic heterocycles. The summed E-state index contributed by atoms with van der Waals surface area (Å²) in [5, 5.41) is 13.7. The number of nitrogens with one attached hydrogen (secondary N) is 1. The van der Waals surface area contributed by atoms with Crippen molar-refractivity contribution in [1.82, 2.24) is 19.7 Å². The maximum Gasteiger partial charge on any atom is 0.265 e. The van der Waals surface area contributed by atoms with Gasteiger partial charge in [-0.3, -0.25) is 0 Å². The average Bonchev–Trinajstić information content (AvgIpc) is 3.00. The van der Waals surface area contributed by atoms with E-state index in [0.29, 0.717) is 24.1 Å². The molecule has 148 valence electrons. The lowest BCUT2D eigenvalue weighted by atomic mass is 10.2. The zero-order chi connectivity index (χ0) is 20.4. The molecule has 0 radical (unpaired) electrons. The van der Waals surface area contributed by atoms with Crippen LogP contribution in [0.15, 0.2) is 46.0 Å². The molecular weight excluding hydrogens is 436 g/mol. The minimum Gasteiger partial charge on any atom is -0.493 e. The molecule has 2 heterocycles. The molecule has 0 fully saturated rings. The molecule has 0 bridgehead atoms. The fourth-order valence-corrected chi connectivity index (χ4v) is 3.49. The van der Waals surface area contributed by atoms with Gasteiger partial charge in [-0.15, -0.1) is 10.2 Å². The predicted molar refractivity (Wildman–Crippen MR) is 117 cm³/mol. The molecule has 8 nitrogen and oxygen atoms in total. The van der Waals surface area contributed by atoms with Gasteiger partial charge in [-0.05, 0) is 37.3 Å². The predicted octanol–water partition coefficient (Wildman–Crippen LogP) is 4.13. The number of para-hydroxylation sites is 1. The molecule has 29 heavy (non-hydrogen) atoms. The van der Waals surface area contributed by atoms with Crippen molar-refractivity contribution in [3.05, 3.63) is 46.4 Å². The highest BCUT2D eigenvalue weighted by atomic mass is 79.9. The molecule has 1 N–H and O–H groups in total. The number of hydrogen-bond acceptors (Lipinski definition) is 7. The number of aryl methyl sites for hydroxylation is 1. The van der Waals surface area contributed by atoms with Gasteiger partial charge in [0, 0.05) is 22.5 Å². The molecule has 0 atom stereocenters. The van der Waals surface area contributed by atoms with Crippen LogP contribution in [0.4, 0.5) is 5.95 Å². The zero-order valence-corrected chi connectivity index (χ0v) is 17.8. The van der Waals surface area contributed by atoms with Gasteiger partial charge >= 0.3 is 0 Å². The summed E-state index contributed by atoms with van der Waals surface area (Å²) in [6.45, 7) is 2.44. The van der Waals surface area contributed by atoms with Crippen molar-refractivity contribution in [2.45, 2.75) is 6.92 Å². The molecular formula is C20H19BrN6O2. The van der Waals surface area contributed by atoms with Gasteiger partial charge in [-0.2, -0.15) is 10.1 Å². The number of halogens is 1. The van der Waals surface area contributed by atoms with Crippen molar-refractivity contribution >= 4 is 50.2 Å². The summed E-state index contributed by atoms with van der Waals surface area (Å²) in [6.07, 6.45) is 1.64. The number of hydrazone groups is 1. The number of anilines is 1. The van der Waals surface area contributed by atoms with E-state index < -0.39 is 0 Å². The summed E-state index contributed by atoms with van der Waals surface area (Å²) in [6, 6.07) is 11.6. The highest BCUT2D eigenvalue weighted by Crippen LogP contribution is 2.30. The molecule has 0 saturated carbocycles. The molecule has 4 rings (SSSR count). The number of rotatable bonds is 6. The molecule has 2 aromatic heterocycles. The van der Waals surface area contributed by atoms with Gasteiger partial charge in [0.1, 0.15) is 5.52 Å². The normalized spacial score (nSPS) is 11.4. The minimum atomic E-state index is 0.305. The Morgan fingerprint density at radius 2 is 2.10 bits per heavy atom. The van der Waals surface area contributed by atoms with Gasteiger partial charge in [-0.1, -0.05) is 22.0 Å². The highest BCUT2D eigenvalue weighted by Gasteiger charge is 2.13. The lowest BCUT2D eigenvalue weighted by Gasteiger charge is -2.11. The van der Waals surface area contributed by atoms with Gasteiger partial charge in [0.25, 0.3) is 5.95 Å². The van der Waals surface area contributed by atoms with E-state index in [1.807, 2.05) is 54.9 Å². The number of hydrogen-bond donors (Lipinski definition) is 1. The number of methoxy groups -OCH3 is 1. The first-order valence-corrected chi connectivity index (χ1v) is 9.79.